The molecule has 6 nitrogen and oxygen atoms in total. The summed E-state index contributed by atoms with van der Waals surface area (Å²) in [5.41, 5.74) is 4.76. The largest absolute Gasteiger partial charge is 0.465 e. The van der Waals surface area contributed by atoms with Gasteiger partial charge in [-0.2, -0.15) is 10.5 Å². The Hall–Kier alpha value is -4.11. The average molecular weight is 539 g/mol. The first-order valence-corrected chi connectivity index (χ1v) is 13.0. The molecule has 0 fully saturated rings. The minimum atomic E-state index is -0.708. The second-order valence-corrected chi connectivity index (χ2v) is 10.6. The maximum Gasteiger partial charge on any atom is 0.321 e. The van der Waals surface area contributed by atoms with Crippen LogP contribution in [0.15, 0.2) is 95.0 Å². The molecule has 0 radical (unpaired) electrons. The number of hydrogen-bond acceptors (Lipinski definition) is 8. The molecule has 4 aromatic rings. The monoisotopic (exact) mass is 538 g/mol. The molecule has 2 heterocycles. The van der Waals surface area contributed by atoms with Gasteiger partial charge in [0.05, 0.1) is 41.3 Å². The van der Waals surface area contributed by atoms with E-state index in [1.165, 1.54) is 11.8 Å². The van der Waals surface area contributed by atoms with Gasteiger partial charge in [-0.25, -0.2) is 0 Å². The van der Waals surface area contributed by atoms with Gasteiger partial charge in [-0.05, 0) is 69.3 Å². The third-order valence-electron chi connectivity index (χ3n) is 5.26. The van der Waals surface area contributed by atoms with Crippen molar-refractivity contribution in [2.45, 2.75) is 35.3 Å². The Kier molecular flexibility index (Phi) is 10.1. The minimum absolute atomic E-state index is 0.250. The maximum atomic E-state index is 12.1. The average Bonchev–Trinajstić information content (AvgIpc) is 2.94. The summed E-state index contributed by atoms with van der Waals surface area (Å²) in [7, 11) is 0. The molecule has 0 aliphatic rings. The fourth-order valence-corrected chi connectivity index (χ4v) is 4.71. The van der Waals surface area contributed by atoms with Gasteiger partial charge in [-0.1, -0.05) is 24.3 Å². The summed E-state index contributed by atoms with van der Waals surface area (Å²) in [6.07, 6.45) is 3.45. The number of thioether (sulfide) groups is 1. The molecule has 0 aliphatic heterocycles. The lowest BCUT2D eigenvalue weighted by Gasteiger charge is -2.22. The Morgan fingerprint density at radius 2 is 1.37 bits per heavy atom. The number of benzene rings is 2. The van der Waals surface area contributed by atoms with Crippen molar-refractivity contribution in [1.82, 2.24) is 9.97 Å². The van der Waals surface area contributed by atoms with Crippen molar-refractivity contribution in [2.75, 3.05) is 6.61 Å². The number of carbonyl (C=O) groups is 1. The highest BCUT2D eigenvalue weighted by Gasteiger charge is 2.31. The molecule has 0 spiro atoms. The standard InChI is InChI=1S/C18H18N2O2S.C12H8N2S/c1-4-22-17(21)18(2,3)23-15-6-5-11-20-16(15)14-9-7-13(12-19)8-10-14;13-8-9-3-5-10(6-4-9)12-11(15)2-1-7-14-12/h5-11H,4H2,1-3H3;1-7,15H. The Bertz CT molecular complexity index is 1470. The normalized spacial score (nSPS) is 10.4. The molecule has 0 bridgehead atoms. The molecule has 190 valence electrons. The van der Waals surface area contributed by atoms with E-state index in [0.29, 0.717) is 17.7 Å². The van der Waals surface area contributed by atoms with E-state index < -0.39 is 4.75 Å². The number of esters is 1. The van der Waals surface area contributed by atoms with E-state index in [2.05, 4.69) is 34.7 Å². The number of pyridine rings is 2. The third-order valence-corrected chi connectivity index (χ3v) is 6.85. The molecule has 2 aromatic carbocycles. The number of aromatic nitrogens is 2. The van der Waals surface area contributed by atoms with Gasteiger partial charge in [0.15, 0.2) is 0 Å². The van der Waals surface area contributed by atoms with E-state index in [1.807, 2.05) is 62.4 Å². The van der Waals surface area contributed by atoms with Gasteiger partial charge >= 0.3 is 5.97 Å². The summed E-state index contributed by atoms with van der Waals surface area (Å²) in [5.74, 6) is -0.250. The van der Waals surface area contributed by atoms with Crippen LogP contribution in [0.5, 0.6) is 0 Å². The van der Waals surface area contributed by atoms with E-state index in [1.54, 1.807) is 43.6 Å². The molecule has 0 saturated heterocycles. The summed E-state index contributed by atoms with van der Waals surface area (Å²) in [4.78, 5) is 22.5. The first-order valence-electron chi connectivity index (χ1n) is 11.8. The predicted molar refractivity (Wildman–Crippen MR) is 153 cm³/mol. The van der Waals surface area contributed by atoms with Crippen LogP contribution >= 0.6 is 24.4 Å². The molecule has 0 aliphatic carbocycles. The molecule has 0 saturated carbocycles. The number of hydrogen-bond donors (Lipinski definition) is 1. The molecule has 0 N–H and O–H groups in total. The molecule has 8 heteroatoms. The van der Waals surface area contributed by atoms with Crippen LogP contribution in [0.25, 0.3) is 22.5 Å². The van der Waals surface area contributed by atoms with Crippen LogP contribution in [0.4, 0.5) is 0 Å². The van der Waals surface area contributed by atoms with Crippen molar-refractivity contribution in [3.63, 3.8) is 0 Å². The summed E-state index contributed by atoms with van der Waals surface area (Å²) >= 11 is 5.75. The maximum absolute atomic E-state index is 12.1. The van der Waals surface area contributed by atoms with Crippen LogP contribution in [-0.4, -0.2) is 27.3 Å². The molecule has 0 amide bonds. The van der Waals surface area contributed by atoms with Crippen molar-refractivity contribution >= 4 is 30.4 Å². The predicted octanol–water partition coefficient (Wildman–Crippen LogP) is 6.96. The minimum Gasteiger partial charge on any atom is -0.465 e. The van der Waals surface area contributed by atoms with Gasteiger partial charge in [0.25, 0.3) is 0 Å². The van der Waals surface area contributed by atoms with E-state index in [-0.39, 0.29) is 5.97 Å². The van der Waals surface area contributed by atoms with Crippen LogP contribution in [0, 0.1) is 22.7 Å². The highest BCUT2D eigenvalue weighted by atomic mass is 32.2. The third kappa shape index (κ3) is 7.45. The summed E-state index contributed by atoms with van der Waals surface area (Å²) in [6, 6.07) is 26.2. The van der Waals surface area contributed by atoms with Crippen molar-refractivity contribution in [2.24, 2.45) is 0 Å². The van der Waals surface area contributed by atoms with Crippen LogP contribution in [-0.2, 0) is 9.53 Å². The zero-order chi connectivity index (χ0) is 27.5. The van der Waals surface area contributed by atoms with Crippen molar-refractivity contribution in [3.05, 3.63) is 96.3 Å². The number of carbonyl (C=O) groups excluding carboxylic acids is 1. The molecular formula is C30H26N4O2S2. The highest BCUT2D eigenvalue weighted by Crippen LogP contribution is 2.38. The lowest BCUT2D eigenvalue weighted by molar-refractivity contribution is -0.145. The quantitative estimate of drug-likeness (QED) is 0.161. The number of thiol groups is 1. The lowest BCUT2D eigenvalue weighted by atomic mass is 10.1. The SMILES string of the molecule is CCOC(=O)C(C)(C)Sc1cccnc1-c1ccc(C#N)cc1.N#Cc1ccc(-c2ncccc2S)cc1. The number of ether oxygens (including phenoxy) is 1. The summed E-state index contributed by atoms with van der Waals surface area (Å²) in [6.45, 7) is 5.83. The fourth-order valence-electron chi connectivity index (χ4n) is 3.34. The number of nitrogens with zero attached hydrogens (tertiary/aromatic N) is 4. The number of rotatable bonds is 6. The van der Waals surface area contributed by atoms with E-state index >= 15 is 0 Å². The zero-order valence-electron chi connectivity index (χ0n) is 21.3. The van der Waals surface area contributed by atoms with Crippen LogP contribution in [0.3, 0.4) is 0 Å². The van der Waals surface area contributed by atoms with E-state index in [9.17, 15) is 4.79 Å². The van der Waals surface area contributed by atoms with Crippen molar-refractivity contribution in [1.29, 1.82) is 10.5 Å². The van der Waals surface area contributed by atoms with Gasteiger partial charge < -0.3 is 4.74 Å². The molecular weight excluding hydrogens is 512 g/mol. The van der Waals surface area contributed by atoms with Crippen LogP contribution in [0.2, 0.25) is 0 Å². The van der Waals surface area contributed by atoms with Gasteiger partial charge in [-0.3, -0.25) is 14.8 Å². The Morgan fingerprint density at radius 1 is 0.868 bits per heavy atom. The summed E-state index contributed by atoms with van der Waals surface area (Å²) < 4.78 is 4.43. The van der Waals surface area contributed by atoms with Gasteiger partial charge in [-0.15, -0.1) is 24.4 Å². The Labute approximate surface area is 232 Å². The molecule has 4 rings (SSSR count). The second-order valence-electron chi connectivity index (χ2n) is 8.43. The van der Waals surface area contributed by atoms with Gasteiger partial charge in [0.2, 0.25) is 0 Å². The fraction of sp³-hybridized carbons (Fsp3) is 0.167. The van der Waals surface area contributed by atoms with Crippen molar-refractivity contribution in [3.8, 4) is 34.7 Å². The lowest BCUT2D eigenvalue weighted by Crippen LogP contribution is -2.30. The molecule has 2 aromatic heterocycles. The Balaban J connectivity index is 0.000000230. The van der Waals surface area contributed by atoms with E-state index in [0.717, 1.165) is 32.3 Å². The van der Waals surface area contributed by atoms with Gasteiger partial charge in [0.1, 0.15) is 4.75 Å². The zero-order valence-corrected chi connectivity index (χ0v) is 23.0. The molecule has 38 heavy (non-hydrogen) atoms. The number of nitriles is 2. The first kappa shape index (κ1) is 28.5. The molecule has 0 atom stereocenters. The van der Waals surface area contributed by atoms with Crippen LogP contribution < -0.4 is 0 Å². The van der Waals surface area contributed by atoms with Gasteiger partial charge in [0, 0.05) is 33.3 Å². The second kappa shape index (κ2) is 13.4. The topological polar surface area (TPSA) is 99.7 Å². The first-order chi connectivity index (χ1) is 18.3. The Morgan fingerprint density at radius 3 is 1.87 bits per heavy atom. The smallest absolute Gasteiger partial charge is 0.321 e. The van der Waals surface area contributed by atoms with E-state index in [4.69, 9.17) is 15.3 Å². The highest BCUT2D eigenvalue weighted by molar-refractivity contribution is 8.01. The van der Waals surface area contributed by atoms with Crippen molar-refractivity contribution < 1.29 is 9.53 Å². The molecule has 0 unspecified atom stereocenters. The van der Waals surface area contributed by atoms with Crippen LogP contribution in [0.1, 0.15) is 31.9 Å². The summed E-state index contributed by atoms with van der Waals surface area (Å²) in [5, 5.41) is 17.6.